The highest BCUT2D eigenvalue weighted by Gasteiger charge is 2.34. The van der Waals surface area contributed by atoms with Gasteiger partial charge in [0, 0.05) is 29.9 Å². The van der Waals surface area contributed by atoms with Gasteiger partial charge in [0.25, 0.3) is 5.91 Å². The van der Waals surface area contributed by atoms with Crippen molar-refractivity contribution in [2.75, 3.05) is 26.9 Å². The van der Waals surface area contributed by atoms with Gasteiger partial charge in [0.15, 0.2) is 0 Å². The van der Waals surface area contributed by atoms with Gasteiger partial charge in [0.2, 0.25) is 5.76 Å². The molecule has 29 heavy (non-hydrogen) atoms. The standard InChI is InChI=1S/C21H24N4O4/c1-13-10-19(29-23-13)21(26)24-8-9-28-12-18(24)20-14(2)22-25(15(20)3)16-6-5-7-17(11-16)27-4/h5-7,10-11,18H,8-9,12H2,1-4H3. The summed E-state index contributed by atoms with van der Waals surface area (Å²) in [5, 5.41) is 8.58. The van der Waals surface area contributed by atoms with Gasteiger partial charge in [-0.05, 0) is 32.9 Å². The number of nitrogens with zero attached hydrogens (tertiary/aromatic N) is 4. The summed E-state index contributed by atoms with van der Waals surface area (Å²) in [5.41, 5.74) is 4.37. The average molecular weight is 396 g/mol. The molecule has 4 rings (SSSR count). The van der Waals surface area contributed by atoms with Gasteiger partial charge in [-0.2, -0.15) is 5.10 Å². The first-order valence-corrected chi connectivity index (χ1v) is 9.52. The number of hydrogen-bond acceptors (Lipinski definition) is 6. The number of amides is 1. The van der Waals surface area contributed by atoms with Gasteiger partial charge >= 0.3 is 0 Å². The fraction of sp³-hybridized carbons (Fsp3) is 0.381. The highest BCUT2D eigenvalue weighted by molar-refractivity contribution is 5.92. The molecular formula is C21H24N4O4. The van der Waals surface area contributed by atoms with Crippen LogP contribution < -0.4 is 4.74 Å². The second-order valence-electron chi connectivity index (χ2n) is 7.12. The van der Waals surface area contributed by atoms with Crippen molar-refractivity contribution >= 4 is 5.91 Å². The zero-order valence-corrected chi connectivity index (χ0v) is 17.0. The molecule has 3 aromatic rings. The van der Waals surface area contributed by atoms with Gasteiger partial charge in [-0.3, -0.25) is 4.79 Å². The molecule has 1 aliphatic rings. The van der Waals surface area contributed by atoms with E-state index in [1.807, 2.05) is 42.8 Å². The maximum Gasteiger partial charge on any atom is 0.293 e. The largest absolute Gasteiger partial charge is 0.497 e. The maximum atomic E-state index is 13.1. The molecule has 152 valence electrons. The average Bonchev–Trinajstić information content (AvgIpc) is 3.30. The van der Waals surface area contributed by atoms with Gasteiger partial charge in [-0.1, -0.05) is 11.2 Å². The van der Waals surface area contributed by atoms with E-state index in [-0.39, 0.29) is 17.7 Å². The van der Waals surface area contributed by atoms with E-state index in [2.05, 4.69) is 5.16 Å². The monoisotopic (exact) mass is 396 g/mol. The molecule has 0 bridgehead atoms. The second kappa shape index (κ2) is 7.71. The van der Waals surface area contributed by atoms with Crippen molar-refractivity contribution < 1.29 is 18.8 Å². The lowest BCUT2D eigenvalue weighted by molar-refractivity contribution is -0.00498. The molecule has 0 radical (unpaired) electrons. The number of benzene rings is 1. The molecular weight excluding hydrogens is 372 g/mol. The number of morpholine rings is 1. The first kappa shape index (κ1) is 19.2. The molecule has 8 nitrogen and oxygen atoms in total. The molecule has 1 aliphatic heterocycles. The predicted octanol–water partition coefficient (Wildman–Crippen LogP) is 3.01. The topological polar surface area (TPSA) is 82.6 Å². The van der Waals surface area contributed by atoms with E-state index < -0.39 is 0 Å². The first-order valence-electron chi connectivity index (χ1n) is 9.52. The van der Waals surface area contributed by atoms with Gasteiger partial charge in [-0.25, -0.2) is 4.68 Å². The maximum absolute atomic E-state index is 13.1. The van der Waals surface area contributed by atoms with Crippen LogP contribution in [0.3, 0.4) is 0 Å². The van der Waals surface area contributed by atoms with Crippen LogP contribution in [0, 0.1) is 20.8 Å². The second-order valence-corrected chi connectivity index (χ2v) is 7.12. The molecule has 1 amide bonds. The lowest BCUT2D eigenvalue weighted by Crippen LogP contribution is -2.43. The normalized spacial score (nSPS) is 16.8. The Hall–Kier alpha value is -3.13. The van der Waals surface area contributed by atoms with Crippen molar-refractivity contribution in [1.82, 2.24) is 19.8 Å². The number of aromatic nitrogens is 3. The molecule has 0 spiro atoms. The van der Waals surface area contributed by atoms with E-state index >= 15 is 0 Å². The van der Waals surface area contributed by atoms with Crippen molar-refractivity contribution in [3.8, 4) is 11.4 Å². The molecule has 0 N–H and O–H groups in total. The molecule has 2 aromatic heterocycles. The minimum Gasteiger partial charge on any atom is -0.497 e. The van der Waals surface area contributed by atoms with Crippen molar-refractivity contribution in [1.29, 1.82) is 0 Å². The van der Waals surface area contributed by atoms with Crippen LogP contribution >= 0.6 is 0 Å². The first-order chi connectivity index (χ1) is 14.0. The molecule has 1 unspecified atom stereocenters. The van der Waals surface area contributed by atoms with Gasteiger partial charge < -0.3 is 18.9 Å². The number of ether oxygens (including phenoxy) is 2. The number of hydrogen-bond donors (Lipinski definition) is 0. The minimum absolute atomic E-state index is 0.188. The summed E-state index contributed by atoms with van der Waals surface area (Å²) in [5.74, 6) is 0.812. The molecule has 1 saturated heterocycles. The van der Waals surface area contributed by atoms with Crippen molar-refractivity contribution in [3.63, 3.8) is 0 Å². The number of rotatable bonds is 4. The van der Waals surface area contributed by atoms with Gasteiger partial charge in [0.1, 0.15) is 5.75 Å². The number of carbonyl (C=O) groups excluding carboxylic acids is 1. The molecule has 1 aromatic carbocycles. The highest BCUT2D eigenvalue weighted by Crippen LogP contribution is 2.32. The van der Waals surface area contributed by atoms with E-state index in [1.54, 1.807) is 25.0 Å². The van der Waals surface area contributed by atoms with E-state index in [4.69, 9.17) is 19.1 Å². The van der Waals surface area contributed by atoms with Crippen LogP contribution in [-0.2, 0) is 4.74 Å². The van der Waals surface area contributed by atoms with Gasteiger partial charge in [-0.15, -0.1) is 0 Å². The van der Waals surface area contributed by atoms with E-state index in [0.29, 0.717) is 25.5 Å². The molecule has 0 aliphatic carbocycles. The minimum atomic E-state index is -0.249. The molecule has 0 saturated carbocycles. The zero-order chi connectivity index (χ0) is 20.5. The number of carbonyl (C=O) groups is 1. The molecule has 1 atom stereocenters. The van der Waals surface area contributed by atoms with Crippen molar-refractivity contribution in [2.45, 2.75) is 26.8 Å². The third-order valence-electron chi connectivity index (χ3n) is 5.21. The van der Waals surface area contributed by atoms with Crippen LogP contribution in [-0.4, -0.2) is 52.6 Å². The number of aryl methyl sites for hydroxylation is 2. The van der Waals surface area contributed by atoms with E-state index in [9.17, 15) is 4.79 Å². The summed E-state index contributed by atoms with van der Waals surface area (Å²) >= 11 is 0. The van der Waals surface area contributed by atoms with Crippen LogP contribution in [0.1, 0.15) is 39.2 Å². The Morgan fingerprint density at radius 3 is 2.79 bits per heavy atom. The van der Waals surface area contributed by atoms with E-state index in [1.165, 1.54) is 0 Å². The summed E-state index contributed by atoms with van der Waals surface area (Å²) < 4.78 is 18.1. The Balaban J connectivity index is 1.72. The lowest BCUT2D eigenvalue weighted by Gasteiger charge is -2.35. The molecule has 3 heterocycles. The Labute approximate surface area is 169 Å². The molecule has 1 fully saturated rings. The Morgan fingerprint density at radius 1 is 1.24 bits per heavy atom. The predicted molar refractivity (Wildman–Crippen MR) is 105 cm³/mol. The fourth-order valence-electron chi connectivity index (χ4n) is 3.82. The Kier molecular flexibility index (Phi) is 5.10. The SMILES string of the molecule is COc1cccc(-n2nc(C)c(C3COCCN3C(=O)c3cc(C)no3)c2C)c1. The summed E-state index contributed by atoms with van der Waals surface area (Å²) in [6.45, 7) is 7.12. The third kappa shape index (κ3) is 3.51. The fourth-order valence-corrected chi connectivity index (χ4v) is 3.82. The summed E-state index contributed by atoms with van der Waals surface area (Å²) in [7, 11) is 1.64. The summed E-state index contributed by atoms with van der Waals surface area (Å²) in [4.78, 5) is 14.9. The van der Waals surface area contributed by atoms with Gasteiger partial charge in [0.05, 0.1) is 43.4 Å². The summed E-state index contributed by atoms with van der Waals surface area (Å²) in [6, 6.07) is 9.14. The summed E-state index contributed by atoms with van der Waals surface area (Å²) in [6.07, 6.45) is 0. The quantitative estimate of drug-likeness (QED) is 0.674. The lowest BCUT2D eigenvalue weighted by atomic mass is 10.0. The van der Waals surface area contributed by atoms with Crippen LogP contribution in [0.15, 0.2) is 34.9 Å². The Morgan fingerprint density at radius 2 is 2.07 bits per heavy atom. The van der Waals surface area contributed by atoms with Crippen LogP contribution in [0.2, 0.25) is 0 Å². The highest BCUT2D eigenvalue weighted by atomic mass is 16.5. The van der Waals surface area contributed by atoms with Crippen LogP contribution in [0.5, 0.6) is 5.75 Å². The Bertz CT molecular complexity index is 1040. The molecule has 8 heteroatoms. The number of methoxy groups -OCH3 is 1. The van der Waals surface area contributed by atoms with Crippen molar-refractivity contribution in [2.24, 2.45) is 0 Å². The van der Waals surface area contributed by atoms with Crippen LogP contribution in [0.4, 0.5) is 0 Å². The van der Waals surface area contributed by atoms with E-state index in [0.717, 1.165) is 28.4 Å². The van der Waals surface area contributed by atoms with Crippen LogP contribution in [0.25, 0.3) is 5.69 Å². The smallest absolute Gasteiger partial charge is 0.293 e. The zero-order valence-electron chi connectivity index (χ0n) is 17.0. The van der Waals surface area contributed by atoms with Crippen molar-refractivity contribution in [3.05, 3.63) is 58.7 Å². The third-order valence-corrected chi connectivity index (χ3v) is 5.21.